The van der Waals surface area contributed by atoms with Crippen molar-refractivity contribution in [3.8, 4) is 0 Å². The number of methoxy groups -OCH3 is 1. The number of allylic oxidation sites excluding steroid dienone is 2. The van der Waals surface area contributed by atoms with Crippen LogP contribution in [0.2, 0.25) is 0 Å². The van der Waals surface area contributed by atoms with E-state index < -0.39 is 6.09 Å². The van der Waals surface area contributed by atoms with E-state index in [9.17, 15) is 9.18 Å². The molecule has 1 aromatic heterocycles. The highest BCUT2D eigenvalue weighted by molar-refractivity contribution is 6.31. The van der Waals surface area contributed by atoms with Gasteiger partial charge in [0.1, 0.15) is 17.2 Å². The van der Waals surface area contributed by atoms with Crippen molar-refractivity contribution in [3.05, 3.63) is 65.8 Å². The Kier molecular flexibility index (Phi) is 6.47. The molecule has 1 amide bonds. The number of nitrogen functional groups attached to an aromatic ring is 2. The van der Waals surface area contributed by atoms with Gasteiger partial charge in [-0.1, -0.05) is 30.9 Å². The van der Waals surface area contributed by atoms with E-state index in [2.05, 4.69) is 31.4 Å². The summed E-state index contributed by atoms with van der Waals surface area (Å²) in [6, 6.07) is 6.39. The summed E-state index contributed by atoms with van der Waals surface area (Å²) in [6.45, 7) is 3.86. The third-order valence-corrected chi connectivity index (χ3v) is 4.67. The lowest BCUT2D eigenvalue weighted by atomic mass is 10.1. The second-order valence-corrected chi connectivity index (χ2v) is 6.66. The molecule has 1 aliphatic heterocycles. The Morgan fingerprint density at radius 2 is 1.97 bits per heavy atom. The number of carbonyl (C=O) groups excluding carboxylic acids is 1. The van der Waals surface area contributed by atoms with Gasteiger partial charge in [0, 0.05) is 25.2 Å². The van der Waals surface area contributed by atoms with Crippen LogP contribution in [-0.4, -0.2) is 53.8 Å². The molecule has 2 heterocycles. The normalized spacial score (nSPS) is 15.8. The minimum absolute atomic E-state index is 0.0383. The molecular weight excluding hydrogens is 415 g/mol. The maximum absolute atomic E-state index is 14.2. The Hall–Kier alpha value is -4.28. The number of ether oxygens (including phenoxy) is 1. The number of hydrogen-bond donors (Lipinski definition) is 2. The number of nitrogens with two attached hydrogens (primary N) is 2. The first-order valence-electron chi connectivity index (χ1n) is 9.47. The second-order valence-electron chi connectivity index (χ2n) is 6.66. The molecule has 4 N–H and O–H groups in total. The number of carbonyl (C=O) groups is 1. The van der Waals surface area contributed by atoms with Gasteiger partial charge in [0.2, 0.25) is 0 Å². The van der Waals surface area contributed by atoms with E-state index in [0.717, 1.165) is 4.90 Å². The first-order valence-corrected chi connectivity index (χ1v) is 9.47. The van der Waals surface area contributed by atoms with Crippen LogP contribution in [0, 0.1) is 5.82 Å². The molecule has 0 bridgehead atoms. The third kappa shape index (κ3) is 4.13. The maximum atomic E-state index is 14.2. The van der Waals surface area contributed by atoms with Gasteiger partial charge in [-0.2, -0.15) is 5.10 Å². The number of hydrazone groups is 1. The van der Waals surface area contributed by atoms with Gasteiger partial charge in [-0.25, -0.2) is 24.2 Å². The van der Waals surface area contributed by atoms with Gasteiger partial charge < -0.3 is 16.2 Å². The first kappa shape index (κ1) is 22.4. The fraction of sp³-hybridized carbons (Fsp3) is 0.190. The number of aliphatic imine (C=N–C) groups is 1. The van der Waals surface area contributed by atoms with Gasteiger partial charge in [-0.05, 0) is 12.1 Å². The second kappa shape index (κ2) is 9.25. The number of nitrogens with zero attached hydrogens (tertiary/aromatic N) is 6. The van der Waals surface area contributed by atoms with Crippen molar-refractivity contribution in [2.24, 2.45) is 10.1 Å². The van der Waals surface area contributed by atoms with E-state index in [1.165, 1.54) is 25.2 Å². The highest BCUT2D eigenvalue weighted by Crippen LogP contribution is 2.29. The fourth-order valence-electron chi connectivity index (χ4n) is 3.21. The van der Waals surface area contributed by atoms with E-state index in [1.54, 1.807) is 37.4 Å². The Bertz CT molecular complexity index is 1140. The summed E-state index contributed by atoms with van der Waals surface area (Å²) in [6.07, 6.45) is 2.57. The molecule has 1 aliphatic rings. The van der Waals surface area contributed by atoms with Crippen LogP contribution in [0.3, 0.4) is 0 Å². The van der Waals surface area contributed by atoms with Gasteiger partial charge in [0.15, 0.2) is 23.3 Å². The number of amidine groups is 1. The highest BCUT2D eigenvalue weighted by Gasteiger charge is 2.32. The molecule has 0 spiro atoms. The first-order chi connectivity index (χ1) is 15.3. The average Bonchev–Trinajstić information content (AvgIpc) is 3.11. The molecule has 2 aromatic rings. The Morgan fingerprint density at radius 3 is 2.53 bits per heavy atom. The lowest BCUT2D eigenvalue weighted by molar-refractivity contribution is 0.180. The van der Waals surface area contributed by atoms with Crippen molar-refractivity contribution in [3.63, 3.8) is 0 Å². The molecule has 0 unspecified atom stereocenters. The Morgan fingerprint density at radius 1 is 1.31 bits per heavy atom. The fourth-order valence-corrected chi connectivity index (χ4v) is 3.21. The average molecular weight is 438 g/mol. The van der Waals surface area contributed by atoms with E-state index >= 15 is 0 Å². The molecule has 0 radical (unpaired) electrons. The molecule has 0 saturated heterocycles. The number of rotatable bonds is 5. The highest BCUT2D eigenvalue weighted by atomic mass is 19.1. The zero-order valence-electron chi connectivity index (χ0n) is 17.9. The van der Waals surface area contributed by atoms with Gasteiger partial charge >= 0.3 is 6.09 Å². The summed E-state index contributed by atoms with van der Waals surface area (Å²) >= 11 is 0. The zero-order valence-corrected chi connectivity index (χ0v) is 17.9. The Labute approximate surface area is 184 Å². The number of amides is 1. The van der Waals surface area contributed by atoms with Crippen LogP contribution in [0.25, 0.3) is 0 Å². The molecule has 0 fully saturated rings. The van der Waals surface area contributed by atoms with Crippen molar-refractivity contribution in [1.29, 1.82) is 0 Å². The number of aromatic nitrogens is 2. The molecule has 11 heteroatoms. The molecule has 32 heavy (non-hydrogen) atoms. The molecule has 3 rings (SSSR count). The molecule has 0 atom stereocenters. The topological polar surface area (TPSA) is 135 Å². The van der Waals surface area contributed by atoms with Gasteiger partial charge in [-0.3, -0.25) is 9.89 Å². The maximum Gasteiger partial charge on any atom is 0.413 e. The SMILES string of the molecule is C=C/C=C1/C(c2nc(N)c(N(C)C(=O)OC)c(N)n2)=NN(Cc2ccccc2F)/C1=N/C. The van der Waals surface area contributed by atoms with Crippen LogP contribution in [0.4, 0.5) is 26.5 Å². The quantitative estimate of drug-likeness (QED) is 0.731. The lowest BCUT2D eigenvalue weighted by Gasteiger charge is -2.18. The van der Waals surface area contributed by atoms with E-state index in [0.29, 0.717) is 22.7 Å². The zero-order chi connectivity index (χ0) is 23.4. The minimum atomic E-state index is -0.679. The minimum Gasteiger partial charge on any atom is -0.452 e. The number of benzene rings is 1. The molecule has 166 valence electrons. The van der Waals surface area contributed by atoms with Crippen LogP contribution in [0.15, 0.2) is 58.7 Å². The van der Waals surface area contributed by atoms with E-state index in [4.69, 9.17) is 11.5 Å². The van der Waals surface area contributed by atoms with Crippen LogP contribution >= 0.6 is 0 Å². The third-order valence-electron chi connectivity index (χ3n) is 4.67. The van der Waals surface area contributed by atoms with E-state index in [-0.39, 0.29) is 35.5 Å². The standard InChI is InChI=1S/C21H23FN8O2/c1-5-8-13-15(19-26-17(23)16(18(24)27-19)29(3)21(31)32-4)28-30(20(13)25-2)11-12-9-6-7-10-14(12)22/h5-10H,1,11H2,2-4H3,(H4,23,24,26,27)/b13-8-,25-20+. The summed E-state index contributed by atoms with van der Waals surface area (Å²) in [4.78, 5) is 25.8. The number of hydrogen-bond acceptors (Lipinski definition) is 8. The van der Waals surface area contributed by atoms with Crippen molar-refractivity contribution in [1.82, 2.24) is 15.0 Å². The summed E-state index contributed by atoms with van der Waals surface area (Å²) in [7, 11) is 4.26. The van der Waals surface area contributed by atoms with Crippen molar-refractivity contribution in [2.75, 3.05) is 37.6 Å². The Balaban J connectivity index is 2.08. The number of halogens is 1. The number of anilines is 3. The van der Waals surface area contributed by atoms with Gasteiger partial charge in [-0.15, -0.1) is 0 Å². The van der Waals surface area contributed by atoms with Crippen LogP contribution in [0.1, 0.15) is 11.4 Å². The molecular formula is C21H23FN8O2. The summed E-state index contributed by atoms with van der Waals surface area (Å²) in [5.41, 5.74) is 13.6. The van der Waals surface area contributed by atoms with Gasteiger partial charge in [0.05, 0.1) is 13.7 Å². The summed E-state index contributed by atoms with van der Waals surface area (Å²) in [5.74, 6) is 0.153. The van der Waals surface area contributed by atoms with Crippen molar-refractivity contribution < 1.29 is 13.9 Å². The van der Waals surface area contributed by atoms with Crippen molar-refractivity contribution >= 4 is 35.0 Å². The van der Waals surface area contributed by atoms with Crippen LogP contribution in [-0.2, 0) is 11.3 Å². The van der Waals surface area contributed by atoms with Crippen molar-refractivity contribution in [2.45, 2.75) is 6.54 Å². The molecule has 10 nitrogen and oxygen atoms in total. The molecule has 0 saturated carbocycles. The molecule has 0 aliphatic carbocycles. The monoisotopic (exact) mass is 438 g/mol. The predicted molar refractivity (Wildman–Crippen MR) is 122 cm³/mol. The largest absolute Gasteiger partial charge is 0.452 e. The summed E-state index contributed by atoms with van der Waals surface area (Å²) in [5, 5.41) is 6.09. The molecule has 1 aromatic carbocycles. The van der Waals surface area contributed by atoms with Crippen LogP contribution < -0.4 is 16.4 Å². The van der Waals surface area contributed by atoms with E-state index in [1.807, 2.05) is 0 Å². The smallest absolute Gasteiger partial charge is 0.413 e. The predicted octanol–water partition coefficient (Wildman–Crippen LogP) is 2.34. The lowest BCUT2D eigenvalue weighted by Crippen LogP contribution is -2.29. The van der Waals surface area contributed by atoms with Crippen LogP contribution in [0.5, 0.6) is 0 Å². The summed E-state index contributed by atoms with van der Waals surface area (Å²) < 4.78 is 18.9. The van der Waals surface area contributed by atoms with Gasteiger partial charge in [0.25, 0.3) is 0 Å².